The summed E-state index contributed by atoms with van der Waals surface area (Å²) in [6.45, 7) is 2.86. The van der Waals surface area contributed by atoms with Crippen molar-refractivity contribution in [2.24, 2.45) is 0 Å². The fourth-order valence-electron chi connectivity index (χ4n) is 3.15. The molecule has 1 saturated carbocycles. The summed E-state index contributed by atoms with van der Waals surface area (Å²) in [5, 5.41) is 27.7. The van der Waals surface area contributed by atoms with Crippen molar-refractivity contribution in [3.05, 3.63) is 23.3 Å². The maximum absolute atomic E-state index is 12.3. The van der Waals surface area contributed by atoms with Gasteiger partial charge in [-0.3, -0.25) is 0 Å². The summed E-state index contributed by atoms with van der Waals surface area (Å²) in [5.41, 5.74) is 0.808. The van der Waals surface area contributed by atoms with Gasteiger partial charge >= 0.3 is 13.1 Å². The van der Waals surface area contributed by atoms with Crippen molar-refractivity contribution in [2.45, 2.75) is 37.3 Å². The largest absolute Gasteiger partial charge is 0.496 e. The quantitative estimate of drug-likeness (QED) is 0.553. The summed E-state index contributed by atoms with van der Waals surface area (Å²) in [7, 11) is -0.214. The highest BCUT2D eigenvalue weighted by atomic mass is 16.7. The predicted molar refractivity (Wildman–Crippen MR) is 80.4 cm³/mol. The summed E-state index contributed by atoms with van der Waals surface area (Å²) in [5.74, 6) is -1.39. The third-order valence-corrected chi connectivity index (χ3v) is 4.56. The lowest BCUT2D eigenvalue weighted by Gasteiger charge is -2.33. The SMILES string of the molecule is COc1ccc(C2CC2(CO)B(O)O)c2c1C(=O)OC(C)(C)O2. The van der Waals surface area contributed by atoms with Crippen LogP contribution in [0.15, 0.2) is 12.1 Å². The Morgan fingerprint density at radius 3 is 2.57 bits per heavy atom. The molecular weight excluding hydrogens is 303 g/mol. The van der Waals surface area contributed by atoms with Crippen molar-refractivity contribution in [1.82, 2.24) is 0 Å². The number of hydrogen-bond acceptors (Lipinski definition) is 7. The van der Waals surface area contributed by atoms with Gasteiger partial charge in [0, 0.05) is 25.8 Å². The second-order valence-electron chi connectivity index (χ2n) is 6.47. The van der Waals surface area contributed by atoms with Crippen LogP contribution in [0, 0.1) is 0 Å². The van der Waals surface area contributed by atoms with Gasteiger partial charge in [-0.2, -0.15) is 0 Å². The number of fused-ring (bicyclic) bond motifs is 1. The van der Waals surface area contributed by atoms with Crippen LogP contribution in [0.4, 0.5) is 0 Å². The molecule has 1 aliphatic carbocycles. The number of hydrogen-bond donors (Lipinski definition) is 3. The third-order valence-electron chi connectivity index (χ3n) is 4.56. The van der Waals surface area contributed by atoms with Crippen LogP contribution in [0.25, 0.3) is 0 Å². The molecule has 124 valence electrons. The topological polar surface area (TPSA) is 105 Å². The molecule has 0 aromatic heterocycles. The number of aliphatic hydroxyl groups is 1. The number of ether oxygens (including phenoxy) is 3. The highest BCUT2D eigenvalue weighted by Gasteiger charge is 2.63. The van der Waals surface area contributed by atoms with Gasteiger partial charge in [-0.1, -0.05) is 6.07 Å². The molecule has 1 aromatic rings. The van der Waals surface area contributed by atoms with E-state index < -0.39 is 24.2 Å². The van der Waals surface area contributed by atoms with Crippen LogP contribution in [-0.4, -0.2) is 47.7 Å². The number of cyclic esters (lactones) is 1. The molecule has 23 heavy (non-hydrogen) atoms. The molecule has 1 fully saturated rings. The van der Waals surface area contributed by atoms with Gasteiger partial charge in [-0.25, -0.2) is 4.79 Å². The minimum absolute atomic E-state index is 0.176. The van der Waals surface area contributed by atoms with E-state index in [0.29, 0.717) is 23.5 Å². The van der Waals surface area contributed by atoms with Gasteiger partial charge in [-0.05, 0) is 24.0 Å². The summed E-state index contributed by atoms with van der Waals surface area (Å²) < 4.78 is 16.3. The summed E-state index contributed by atoms with van der Waals surface area (Å²) >= 11 is 0. The molecule has 0 amide bonds. The molecule has 8 heteroatoms. The Morgan fingerprint density at radius 1 is 1.35 bits per heavy atom. The fourth-order valence-corrected chi connectivity index (χ4v) is 3.15. The number of aliphatic hydroxyl groups excluding tert-OH is 1. The molecule has 0 radical (unpaired) electrons. The molecule has 2 atom stereocenters. The number of methoxy groups -OCH3 is 1. The number of benzene rings is 1. The lowest BCUT2D eigenvalue weighted by atomic mass is 9.67. The van der Waals surface area contributed by atoms with E-state index in [0.717, 1.165) is 0 Å². The molecular formula is C15H19BO7. The van der Waals surface area contributed by atoms with Crippen molar-refractivity contribution in [2.75, 3.05) is 13.7 Å². The van der Waals surface area contributed by atoms with Crippen molar-refractivity contribution in [3.8, 4) is 11.5 Å². The van der Waals surface area contributed by atoms with Gasteiger partial charge in [0.25, 0.3) is 0 Å². The molecule has 7 nitrogen and oxygen atoms in total. The number of carbonyl (C=O) groups is 1. The first-order valence-electron chi connectivity index (χ1n) is 7.36. The Balaban J connectivity index is 2.11. The second-order valence-corrected chi connectivity index (χ2v) is 6.47. The number of rotatable bonds is 4. The van der Waals surface area contributed by atoms with Crippen LogP contribution in [0.5, 0.6) is 11.5 Å². The van der Waals surface area contributed by atoms with Crippen LogP contribution in [0.1, 0.15) is 42.1 Å². The summed E-state index contributed by atoms with van der Waals surface area (Å²) in [6.07, 6.45) is 0.388. The van der Waals surface area contributed by atoms with Crippen LogP contribution in [0.2, 0.25) is 5.31 Å². The lowest BCUT2D eigenvalue weighted by molar-refractivity contribution is -0.128. The molecule has 1 aliphatic heterocycles. The van der Waals surface area contributed by atoms with E-state index in [9.17, 15) is 19.9 Å². The molecule has 0 bridgehead atoms. The maximum atomic E-state index is 12.3. The molecule has 0 spiro atoms. The van der Waals surface area contributed by atoms with Crippen molar-refractivity contribution >= 4 is 13.1 Å². The molecule has 0 saturated heterocycles. The highest BCUT2D eigenvalue weighted by Crippen LogP contribution is 2.68. The van der Waals surface area contributed by atoms with Crippen LogP contribution < -0.4 is 9.47 Å². The van der Waals surface area contributed by atoms with Crippen molar-refractivity contribution in [1.29, 1.82) is 0 Å². The van der Waals surface area contributed by atoms with E-state index in [1.807, 2.05) is 0 Å². The average Bonchev–Trinajstić information content (AvgIpc) is 3.20. The molecule has 1 heterocycles. The molecule has 3 N–H and O–H groups in total. The van der Waals surface area contributed by atoms with E-state index in [1.54, 1.807) is 26.0 Å². The smallest absolute Gasteiger partial charge is 0.461 e. The Bertz CT molecular complexity index is 657. The van der Waals surface area contributed by atoms with Crippen molar-refractivity contribution in [3.63, 3.8) is 0 Å². The Hall–Kier alpha value is -1.77. The maximum Gasteiger partial charge on any atom is 0.461 e. The Labute approximate surface area is 133 Å². The predicted octanol–water partition coefficient (Wildman–Crippen LogP) is 0.673. The van der Waals surface area contributed by atoms with Crippen molar-refractivity contribution < 1.29 is 34.2 Å². The van der Waals surface area contributed by atoms with E-state index >= 15 is 0 Å². The average molecular weight is 322 g/mol. The van der Waals surface area contributed by atoms with Gasteiger partial charge in [0.2, 0.25) is 5.79 Å². The molecule has 3 rings (SSSR count). The minimum atomic E-state index is -1.65. The molecule has 1 aromatic carbocycles. The third kappa shape index (κ3) is 2.37. The van der Waals surface area contributed by atoms with Gasteiger partial charge in [0.05, 0.1) is 7.11 Å². The minimum Gasteiger partial charge on any atom is -0.496 e. The zero-order valence-electron chi connectivity index (χ0n) is 13.2. The van der Waals surface area contributed by atoms with Gasteiger partial charge in [0.15, 0.2) is 0 Å². The van der Waals surface area contributed by atoms with E-state index in [-0.39, 0.29) is 18.1 Å². The second kappa shape index (κ2) is 5.12. The van der Waals surface area contributed by atoms with Crippen LogP contribution in [0.3, 0.4) is 0 Å². The summed E-state index contributed by atoms with van der Waals surface area (Å²) in [6, 6.07) is 3.33. The molecule has 2 aliphatic rings. The Kier molecular flexibility index (Phi) is 3.59. The first-order chi connectivity index (χ1) is 10.8. The van der Waals surface area contributed by atoms with E-state index in [2.05, 4.69) is 0 Å². The molecule has 2 unspecified atom stereocenters. The fraction of sp³-hybridized carbons (Fsp3) is 0.533. The number of esters is 1. The van der Waals surface area contributed by atoms with Gasteiger partial charge in [0.1, 0.15) is 17.1 Å². The zero-order chi connectivity index (χ0) is 17.0. The van der Waals surface area contributed by atoms with E-state index in [4.69, 9.17) is 14.2 Å². The highest BCUT2D eigenvalue weighted by molar-refractivity contribution is 6.47. The van der Waals surface area contributed by atoms with Crippen LogP contribution >= 0.6 is 0 Å². The first kappa shape index (κ1) is 16.1. The first-order valence-corrected chi connectivity index (χ1v) is 7.36. The summed E-state index contributed by atoms with van der Waals surface area (Å²) in [4.78, 5) is 12.3. The zero-order valence-corrected chi connectivity index (χ0v) is 13.2. The standard InChI is InChI=1S/C15H19BO7/c1-14(2)22-12-8(9-6-15(9,7-17)16(19)20)4-5-10(21-3)11(12)13(18)23-14/h4-5,9,17,19-20H,6-7H2,1-3H3. The van der Waals surface area contributed by atoms with Crippen LogP contribution in [-0.2, 0) is 4.74 Å². The number of carbonyl (C=O) groups excluding carboxylic acids is 1. The lowest BCUT2D eigenvalue weighted by Crippen LogP contribution is -2.39. The van der Waals surface area contributed by atoms with Gasteiger partial charge in [-0.15, -0.1) is 0 Å². The van der Waals surface area contributed by atoms with Gasteiger partial charge < -0.3 is 29.4 Å². The van der Waals surface area contributed by atoms with E-state index in [1.165, 1.54) is 7.11 Å². The monoisotopic (exact) mass is 322 g/mol. The normalized spacial score (nSPS) is 27.6. The Morgan fingerprint density at radius 2 is 2.04 bits per heavy atom.